The molecule has 0 spiro atoms. The van der Waals surface area contributed by atoms with Crippen LogP contribution < -0.4 is 10.6 Å². The summed E-state index contributed by atoms with van der Waals surface area (Å²) in [7, 11) is 0. The summed E-state index contributed by atoms with van der Waals surface area (Å²) in [6.07, 6.45) is 2.07. The van der Waals surface area contributed by atoms with Crippen LogP contribution in [0.1, 0.15) is 23.9 Å². The summed E-state index contributed by atoms with van der Waals surface area (Å²) >= 11 is 0. The van der Waals surface area contributed by atoms with Gasteiger partial charge in [0.05, 0.1) is 5.35 Å². The van der Waals surface area contributed by atoms with Crippen LogP contribution in [0.5, 0.6) is 0 Å². The van der Waals surface area contributed by atoms with Gasteiger partial charge in [0.15, 0.2) is 5.65 Å². The summed E-state index contributed by atoms with van der Waals surface area (Å²) in [6.45, 7) is 12.1. The fourth-order valence-corrected chi connectivity index (χ4v) is 1.87. The minimum absolute atomic E-state index is 0.785. The van der Waals surface area contributed by atoms with E-state index in [1.807, 2.05) is 18.4 Å². The largest absolute Gasteiger partial charge is 0.213 e. The van der Waals surface area contributed by atoms with E-state index in [-0.39, 0.29) is 0 Å². The zero-order valence-corrected chi connectivity index (χ0v) is 9.63. The van der Waals surface area contributed by atoms with E-state index in [1.54, 1.807) is 0 Å². The number of pyridine rings is 1. The fraction of sp³-hybridized carbons (Fsp3) is 0.333. The van der Waals surface area contributed by atoms with Crippen molar-refractivity contribution < 1.29 is 0 Å². The van der Waals surface area contributed by atoms with Crippen LogP contribution in [0.25, 0.3) is 18.3 Å². The SMILES string of the molecule is C=c1c(C)c(C)/c(=C/C)c2nc(C)nn12. The lowest BCUT2D eigenvalue weighted by Crippen LogP contribution is -2.26. The van der Waals surface area contributed by atoms with E-state index in [0.29, 0.717) is 0 Å². The summed E-state index contributed by atoms with van der Waals surface area (Å²) < 4.78 is 1.83. The van der Waals surface area contributed by atoms with Crippen molar-refractivity contribution in [3.05, 3.63) is 27.5 Å². The highest BCUT2D eigenvalue weighted by Crippen LogP contribution is 1.99. The van der Waals surface area contributed by atoms with Crippen LogP contribution in [0.2, 0.25) is 0 Å². The molecule has 0 aliphatic carbocycles. The van der Waals surface area contributed by atoms with E-state index in [0.717, 1.165) is 22.0 Å². The van der Waals surface area contributed by atoms with Crippen molar-refractivity contribution in [2.24, 2.45) is 0 Å². The molecule has 3 heteroatoms. The van der Waals surface area contributed by atoms with Gasteiger partial charge in [0, 0.05) is 5.22 Å². The van der Waals surface area contributed by atoms with Gasteiger partial charge >= 0.3 is 0 Å². The highest BCUT2D eigenvalue weighted by molar-refractivity contribution is 5.50. The first-order valence-corrected chi connectivity index (χ1v) is 5.04. The number of hydrogen-bond acceptors (Lipinski definition) is 2. The maximum absolute atomic E-state index is 4.43. The second-order valence-electron chi connectivity index (χ2n) is 3.79. The van der Waals surface area contributed by atoms with Crippen LogP contribution in [-0.2, 0) is 0 Å². The molecule has 3 nitrogen and oxygen atoms in total. The Hall–Kier alpha value is -1.64. The van der Waals surface area contributed by atoms with Gasteiger partial charge in [0.1, 0.15) is 5.82 Å². The summed E-state index contributed by atoms with van der Waals surface area (Å²) in [5, 5.41) is 6.42. The van der Waals surface area contributed by atoms with Gasteiger partial charge in [-0.3, -0.25) is 0 Å². The second-order valence-corrected chi connectivity index (χ2v) is 3.79. The molecule has 0 aliphatic heterocycles. The average molecular weight is 201 g/mol. The molecule has 0 aliphatic rings. The zero-order valence-electron chi connectivity index (χ0n) is 9.63. The molecule has 0 radical (unpaired) electrons. The van der Waals surface area contributed by atoms with E-state index in [1.165, 1.54) is 11.1 Å². The van der Waals surface area contributed by atoms with E-state index in [2.05, 4.69) is 36.6 Å². The fourth-order valence-electron chi connectivity index (χ4n) is 1.87. The Bertz CT molecular complexity index is 635. The molecule has 2 heterocycles. The highest BCUT2D eigenvalue weighted by atomic mass is 15.3. The Kier molecular flexibility index (Phi) is 2.11. The van der Waals surface area contributed by atoms with Gasteiger partial charge in [-0.25, -0.2) is 9.50 Å². The lowest BCUT2D eigenvalue weighted by Gasteiger charge is -2.03. The van der Waals surface area contributed by atoms with Gasteiger partial charge in [-0.15, -0.1) is 0 Å². The van der Waals surface area contributed by atoms with Gasteiger partial charge in [-0.05, 0) is 38.8 Å². The molecule has 78 valence electrons. The number of hydrogen-bond donors (Lipinski definition) is 0. The molecule has 0 saturated heterocycles. The van der Waals surface area contributed by atoms with Crippen molar-refractivity contribution in [3.63, 3.8) is 0 Å². The molecule has 0 aromatic carbocycles. The standard InChI is InChI=1S/C12H15N3/c1-6-11-8(3)7(2)9(4)15-12(11)13-10(5)14-15/h6H,4H2,1-3,5H3/b11-6-. The number of fused-ring (bicyclic) bond motifs is 1. The van der Waals surface area contributed by atoms with Gasteiger partial charge < -0.3 is 0 Å². The molecule has 0 fully saturated rings. The molecule has 0 bridgehead atoms. The molecular formula is C12H15N3. The zero-order chi connectivity index (χ0) is 11.2. The lowest BCUT2D eigenvalue weighted by atomic mass is 10.1. The Balaban J connectivity index is 3.19. The van der Waals surface area contributed by atoms with Crippen LogP contribution in [0.15, 0.2) is 0 Å². The minimum Gasteiger partial charge on any atom is -0.213 e. The normalized spacial score (nSPS) is 12.7. The predicted molar refractivity (Wildman–Crippen MR) is 62.1 cm³/mol. The van der Waals surface area contributed by atoms with E-state index in [4.69, 9.17) is 0 Å². The topological polar surface area (TPSA) is 30.2 Å². The van der Waals surface area contributed by atoms with Crippen molar-refractivity contribution in [1.29, 1.82) is 0 Å². The maximum atomic E-state index is 4.43. The third kappa shape index (κ3) is 1.27. The number of aromatic nitrogens is 3. The number of rotatable bonds is 0. The monoisotopic (exact) mass is 201 g/mol. The van der Waals surface area contributed by atoms with Crippen LogP contribution >= 0.6 is 0 Å². The Morgan fingerprint density at radius 3 is 2.47 bits per heavy atom. The highest BCUT2D eigenvalue weighted by Gasteiger charge is 2.07. The first-order valence-electron chi connectivity index (χ1n) is 5.04. The summed E-state index contributed by atoms with van der Waals surface area (Å²) in [6, 6.07) is 0. The van der Waals surface area contributed by atoms with Gasteiger partial charge in [0.25, 0.3) is 0 Å². The van der Waals surface area contributed by atoms with Gasteiger partial charge in [-0.1, -0.05) is 12.7 Å². The van der Waals surface area contributed by atoms with Gasteiger partial charge in [0.2, 0.25) is 0 Å². The maximum Gasteiger partial charge on any atom is 0.163 e. The summed E-state index contributed by atoms with van der Waals surface area (Å²) in [5.74, 6) is 0.785. The average Bonchev–Trinajstić information content (AvgIpc) is 2.58. The third-order valence-electron chi connectivity index (χ3n) is 2.90. The third-order valence-corrected chi connectivity index (χ3v) is 2.90. The molecule has 0 N–H and O–H groups in total. The number of nitrogens with zero attached hydrogens (tertiary/aromatic N) is 3. The quantitative estimate of drug-likeness (QED) is 0.633. The van der Waals surface area contributed by atoms with Crippen LogP contribution in [0.3, 0.4) is 0 Å². The summed E-state index contributed by atoms with van der Waals surface area (Å²) in [4.78, 5) is 4.43. The van der Waals surface area contributed by atoms with E-state index in [9.17, 15) is 0 Å². The molecular weight excluding hydrogens is 186 g/mol. The second kappa shape index (κ2) is 3.19. The Morgan fingerprint density at radius 1 is 1.20 bits per heavy atom. The lowest BCUT2D eigenvalue weighted by molar-refractivity contribution is 0.886. The van der Waals surface area contributed by atoms with Crippen molar-refractivity contribution in [2.45, 2.75) is 27.7 Å². The first-order chi connectivity index (χ1) is 7.06. The van der Waals surface area contributed by atoms with E-state index >= 15 is 0 Å². The molecule has 0 saturated carbocycles. The first kappa shape index (κ1) is 9.90. The molecule has 0 atom stereocenters. The molecule has 2 rings (SSSR count). The summed E-state index contributed by atoms with van der Waals surface area (Å²) in [5.41, 5.74) is 3.32. The molecule has 0 amide bonds. The van der Waals surface area contributed by atoms with Crippen LogP contribution in [0.4, 0.5) is 0 Å². The van der Waals surface area contributed by atoms with Crippen molar-refractivity contribution in [2.75, 3.05) is 0 Å². The van der Waals surface area contributed by atoms with Gasteiger partial charge in [-0.2, -0.15) is 5.10 Å². The number of aryl methyl sites for hydroxylation is 1. The smallest absolute Gasteiger partial charge is 0.163 e. The van der Waals surface area contributed by atoms with E-state index < -0.39 is 0 Å². The molecule has 2 aromatic heterocycles. The molecule has 2 aromatic rings. The molecule has 15 heavy (non-hydrogen) atoms. The van der Waals surface area contributed by atoms with Crippen LogP contribution in [-0.4, -0.2) is 14.6 Å². The van der Waals surface area contributed by atoms with Crippen molar-refractivity contribution in [1.82, 2.24) is 14.6 Å². The van der Waals surface area contributed by atoms with Crippen molar-refractivity contribution >= 4 is 18.3 Å². The van der Waals surface area contributed by atoms with Crippen molar-refractivity contribution in [3.8, 4) is 0 Å². The minimum atomic E-state index is 0.785. The van der Waals surface area contributed by atoms with Crippen LogP contribution in [0, 0.1) is 20.8 Å². The predicted octanol–water partition coefficient (Wildman–Crippen LogP) is 0.865. The Labute approximate surface area is 88.8 Å². The Morgan fingerprint density at radius 2 is 1.87 bits per heavy atom. The molecule has 0 unspecified atom stereocenters.